The van der Waals surface area contributed by atoms with E-state index in [4.69, 9.17) is 12.2 Å². The number of hydrogen-bond donors (Lipinski definition) is 1. The Labute approximate surface area is 103 Å². The molecule has 0 unspecified atom stereocenters. The van der Waals surface area contributed by atoms with Gasteiger partial charge in [0.25, 0.3) is 0 Å². The van der Waals surface area contributed by atoms with Crippen LogP contribution in [-0.2, 0) is 0 Å². The standard InChI is InChI=1S/C12H10N2S2/c1-2-8-15-12-14-10(11(13)16-12)9-6-4-3-5-7-9/h1,3-7H,8,13H2. The average Bonchev–Trinajstić information content (AvgIpc) is 2.69. The predicted octanol–water partition coefficient (Wildman–Crippen LogP) is 3.12. The monoisotopic (exact) mass is 246 g/mol. The molecule has 0 saturated carbocycles. The Morgan fingerprint density at radius 1 is 1.38 bits per heavy atom. The summed E-state index contributed by atoms with van der Waals surface area (Å²) in [5.41, 5.74) is 7.83. The van der Waals surface area contributed by atoms with Gasteiger partial charge in [0.15, 0.2) is 4.34 Å². The van der Waals surface area contributed by atoms with Crippen molar-refractivity contribution in [1.29, 1.82) is 0 Å². The molecule has 0 aliphatic rings. The molecule has 1 heterocycles. The summed E-state index contributed by atoms with van der Waals surface area (Å²) < 4.78 is 0.925. The van der Waals surface area contributed by atoms with Crippen molar-refractivity contribution in [3.63, 3.8) is 0 Å². The van der Waals surface area contributed by atoms with Crippen LogP contribution in [0.1, 0.15) is 0 Å². The number of nitrogens with two attached hydrogens (primary N) is 1. The fourth-order valence-corrected chi connectivity index (χ4v) is 2.91. The van der Waals surface area contributed by atoms with E-state index >= 15 is 0 Å². The number of thiazole rings is 1. The number of nitrogen functional groups attached to an aromatic ring is 1. The highest BCUT2D eigenvalue weighted by Gasteiger charge is 2.09. The van der Waals surface area contributed by atoms with Crippen LogP contribution in [0.2, 0.25) is 0 Å². The molecule has 0 aliphatic heterocycles. The molecule has 0 spiro atoms. The van der Waals surface area contributed by atoms with Crippen molar-refractivity contribution < 1.29 is 0 Å². The van der Waals surface area contributed by atoms with Crippen LogP contribution in [0.15, 0.2) is 34.7 Å². The number of thioether (sulfide) groups is 1. The van der Waals surface area contributed by atoms with Gasteiger partial charge < -0.3 is 5.73 Å². The molecule has 0 atom stereocenters. The van der Waals surface area contributed by atoms with Crippen molar-refractivity contribution in [1.82, 2.24) is 4.98 Å². The molecule has 0 bridgehead atoms. The lowest BCUT2D eigenvalue weighted by Gasteiger charge is -1.96. The van der Waals surface area contributed by atoms with E-state index in [2.05, 4.69) is 10.9 Å². The molecule has 0 saturated heterocycles. The summed E-state index contributed by atoms with van der Waals surface area (Å²) >= 11 is 3.02. The molecule has 0 radical (unpaired) electrons. The first kappa shape index (κ1) is 11.1. The van der Waals surface area contributed by atoms with Crippen molar-refractivity contribution in [3.8, 4) is 23.6 Å². The smallest absolute Gasteiger partial charge is 0.153 e. The number of hydrogen-bond acceptors (Lipinski definition) is 4. The summed E-state index contributed by atoms with van der Waals surface area (Å²) in [6.07, 6.45) is 5.21. The Hall–Kier alpha value is -1.44. The lowest BCUT2D eigenvalue weighted by molar-refractivity contribution is 1.26. The number of anilines is 1. The highest BCUT2D eigenvalue weighted by atomic mass is 32.2. The van der Waals surface area contributed by atoms with Crippen molar-refractivity contribution in [2.45, 2.75) is 4.34 Å². The van der Waals surface area contributed by atoms with Crippen LogP contribution < -0.4 is 5.73 Å². The minimum Gasteiger partial charge on any atom is -0.389 e. The Kier molecular flexibility index (Phi) is 3.50. The lowest BCUT2D eigenvalue weighted by atomic mass is 10.2. The number of terminal acetylenes is 1. The third kappa shape index (κ3) is 2.38. The third-order valence-electron chi connectivity index (χ3n) is 1.96. The lowest BCUT2D eigenvalue weighted by Crippen LogP contribution is -1.84. The summed E-state index contributed by atoms with van der Waals surface area (Å²) in [5, 5.41) is 0.741. The maximum atomic E-state index is 5.94. The second-order valence-electron chi connectivity index (χ2n) is 3.05. The van der Waals surface area contributed by atoms with E-state index in [1.54, 1.807) is 11.8 Å². The van der Waals surface area contributed by atoms with Gasteiger partial charge in [0.1, 0.15) is 10.7 Å². The fourth-order valence-electron chi connectivity index (χ4n) is 1.28. The second kappa shape index (κ2) is 5.06. The molecule has 80 valence electrons. The molecule has 1 aromatic heterocycles. The van der Waals surface area contributed by atoms with Gasteiger partial charge in [-0.05, 0) is 0 Å². The van der Waals surface area contributed by atoms with Crippen LogP contribution in [-0.4, -0.2) is 10.7 Å². The topological polar surface area (TPSA) is 38.9 Å². The van der Waals surface area contributed by atoms with Gasteiger partial charge in [0.05, 0.1) is 5.75 Å². The van der Waals surface area contributed by atoms with E-state index in [0.717, 1.165) is 20.6 Å². The van der Waals surface area contributed by atoms with Crippen LogP contribution in [0, 0.1) is 12.3 Å². The molecule has 2 rings (SSSR count). The number of aromatic nitrogens is 1. The number of rotatable bonds is 3. The predicted molar refractivity (Wildman–Crippen MR) is 71.5 cm³/mol. The molecule has 0 aliphatic carbocycles. The first-order chi connectivity index (χ1) is 7.81. The van der Waals surface area contributed by atoms with E-state index in [1.807, 2.05) is 30.3 Å². The maximum absolute atomic E-state index is 5.94. The Morgan fingerprint density at radius 3 is 2.81 bits per heavy atom. The van der Waals surface area contributed by atoms with E-state index in [9.17, 15) is 0 Å². The Balaban J connectivity index is 2.29. The third-order valence-corrected chi connectivity index (χ3v) is 3.89. The zero-order valence-corrected chi connectivity index (χ0v) is 10.1. The Morgan fingerprint density at radius 2 is 2.12 bits per heavy atom. The van der Waals surface area contributed by atoms with Crippen LogP contribution in [0.4, 0.5) is 5.00 Å². The molecule has 4 heteroatoms. The Bertz CT molecular complexity index is 512. The summed E-state index contributed by atoms with van der Waals surface area (Å²) in [6.45, 7) is 0. The molecule has 1 aromatic carbocycles. The van der Waals surface area contributed by atoms with Crippen LogP contribution in [0.5, 0.6) is 0 Å². The molecular formula is C12H10N2S2. The zero-order chi connectivity index (χ0) is 11.4. The van der Waals surface area contributed by atoms with E-state index in [1.165, 1.54) is 11.3 Å². The summed E-state index contributed by atoms with van der Waals surface area (Å²) in [7, 11) is 0. The van der Waals surface area contributed by atoms with Crippen molar-refractivity contribution in [2.24, 2.45) is 0 Å². The zero-order valence-electron chi connectivity index (χ0n) is 8.51. The van der Waals surface area contributed by atoms with E-state index in [-0.39, 0.29) is 0 Å². The van der Waals surface area contributed by atoms with Crippen LogP contribution in [0.25, 0.3) is 11.3 Å². The minimum atomic E-state index is 0.626. The van der Waals surface area contributed by atoms with Gasteiger partial charge >= 0.3 is 0 Å². The fraction of sp³-hybridized carbons (Fsp3) is 0.0833. The highest BCUT2D eigenvalue weighted by molar-refractivity contribution is 8.01. The van der Waals surface area contributed by atoms with Gasteiger partial charge in [-0.2, -0.15) is 0 Å². The largest absolute Gasteiger partial charge is 0.389 e. The second-order valence-corrected chi connectivity index (χ2v) is 5.30. The van der Waals surface area contributed by atoms with Gasteiger partial charge in [-0.25, -0.2) is 4.98 Å². The SMILES string of the molecule is C#CCSc1nc(-c2ccccc2)c(N)s1. The van der Waals surface area contributed by atoms with E-state index < -0.39 is 0 Å². The van der Waals surface area contributed by atoms with Gasteiger partial charge in [-0.15, -0.1) is 6.42 Å². The van der Waals surface area contributed by atoms with Gasteiger partial charge in [0, 0.05) is 5.56 Å². The van der Waals surface area contributed by atoms with Gasteiger partial charge in [0.2, 0.25) is 0 Å². The summed E-state index contributed by atoms with van der Waals surface area (Å²) in [6, 6.07) is 9.92. The number of nitrogens with zero attached hydrogens (tertiary/aromatic N) is 1. The quantitative estimate of drug-likeness (QED) is 0.668. The first-order valence-electron chi connectivity index (χ1n) is 4.69. The first-order valence-corrected chi connectivity index (χ1v) is 6.49. The average molecular weight is 246 g/mol. The molecule has 16 heavy (non-hydrogen) atoms. The maximum Gasteiger partial charge on any atom is 0.153 e. The summed E-state index contributed by atoms with van der Waals surface area (Å²) in [5.74, 6) is 3.20. The molecular weight excluding hydrogens is 236 g/mol. The minimum absolute atomic E-state index is 0.626. The van der Waals surface area contributed by atoms with Crippen LogP contribution in [0.3, 0.4) is 0 Å². The normalized spacial score (nSPS) is 9.94. The number of benzene rings is 1. The van der Waals surface area contributed by atoms with Crippen molar-refractivity contribution >= 4 is 28.1 Å². The van der Waals surface area contributed by atoms with Gasteiger partial charge in [-0.1, -0.05) is 59.4 Å². The van der Waals surface area contributed by atoms with Crippen LogP contribution >= 0.6 is 23.1 Å². The molecule has 0 amide bonds. The molecule has 2 aromatic rings. The van der Waals surface area contributed by atoms with Gasteiger partial charge in [-0.3, -0.25) is 0 Å². The van der Waals surface area contributed by atoms with Crippen molar-refractivity contribution in [3.05, 3.63) is 30.3 Å². The van der Waals surface area contributed by atoms with E-state index in [0.29, 0.717) is 5.75 Å². The molecule has 2 N–H and O–H groups in total. The molecule has 2 nitrogen and oxygen atoms in total. The van der Waals surface area contributed by atoms with Crippen molar-refractivity contribution in [2.75, 3.05) is 11.5 Å². The highest BCUT2D eigenvalue weighted by Crippen LogP contribution is 2.34. The molecule has 0 fully saturated rings. The summed E-state index contributed by atoms with van der Waals surface area (Å²) in [4.78, 5) is 4.48.